The Morgan fingerprint density at radius 1 is 0.909 bits per heavy atom. The quantitative estimate of drug-likeness (QED) is 0.493. The zero-order valence-corrected chi connectivity index (χ0v) is 18.1. The third-order valence-corrected chi connectivity index (χ3v) is 4.07. The second-order valence-electron chi connectivity index (χ2n) is 5.59. The first-order chi connectivity index (χ1) is 10.1. The summed E-state index contributed by atoms with van der Waals surface area (Å²) < 4.78 is 33.9. The Morgan fingerprint density at radius 2 is 1.64 bits per heavy atom. The minimum Gasteiger partial charge on any atom is -0.413 e. The molecule has 128 valence electrons. The van der Waals surface area contributed by atoms with Crippen molar-refractivity contribution in [2.75, 3.05) is 21.3 Å². The van der Waals surface area contributed by atoms with Gasteiger partial charge in [-0.25, -0.2) is 0 Å². The van der Waals surface area contributed by atoms with Crippen molar-refractivity contribution in [1.82, 2.24) is 0 Å². The van der Waals surface area contributed by atoms with Crippen LogP contribution in [-0.2, 0) is 28.4 Å². The molecule has 0 aliphatic carbocycles. The van der Waals surface area contributed by atoms with Gasteiger partial charge in [-0.15, -0.1) is 0 Å². The molecule has 2 aliphatic heterocycles. The summed E-state index contributed by atoms with van der Waals surface area (Å²) in [6, 6.07) is 0. The first-order valence-electron chi connectivity index (χ1n) is 7.47. The molecule has 0 bridgehead atoms. The first-order valence-corrected chi connectivity index (χ1v) is 7.47. The van der Waals surface area contributed by atoms with Gasteiger partial charge in [0.1, 0.15) is 6.10 Å². The van der Waals surface area contributed by atoms with Crippen LogP contribution in [0.3, 0.4) is 0 Å². The van der Waals surface area contributed by atoms with Gasteiger partial charge in [-0.05, 0) is 13.3 Å². The molecular weight excluding hydrogens is 514 g/mol. The second-order valence-corrected chi connectivity index (χ2v) is 5.59. The van der Waals surface area contributed by atoms with Crippen molar-refractivity contribution < 1.29 is 59.5 Å². The van der Waals surface area contributed by atoms with Crippen molar-refractivity contribution in [2.45, 2.75) is 69.8 Å². The van der Waals surface area contributed by atoms with Crippen LogP contribution in [0, 0.1) is 37.5 Å². The molecule has 1 unspecified atom stereocenters. The van der Waals surface area contributed by atoms with Crippen LogP contribution in [0.15, 0.2) is 0 Å². The van der Waals surface area contributed by atoms with E-state index in [1.807, 2.05) is 20.3 Å². The Morgan fingerprint density at radius 3 is 2.23 bits per heavy atom. The monoisotopic (exact) mass is 541 g/mol. The third-order valence-electron chi connectivity index (χ3n) is 4.07. The van der Waals surface area contributed by atoms with E-state index in [9.17, 15) is 0 Å². The molecule has 2 saturated heterocycles. The van der Waals surface area contributed by atoms with Gasteiger partial charge in [-0.1, -0.05) is 19.1 Å². The largest absolute Gasteiger partial charge is 0.413 e. The number of methoxy groups -OCH3 is 3. The van der Waals surface area contributed by atoms with E-state index in [1.165, 1.54) is 0 Å². The van der Waals surface area contributed by atoms with Crippen molar-refractivity contribution in [3.05, 3.63) is 6.42 Å². The molecule has 0 spiro atoms. The first kappa shape index (κ1) is 20.9. The Bertz CT molecular complexity index is 318. The van der Waals surface area contributed by atoms with E-state index in [1.54, 1.807) is 21.3 Å². The summed E-state index contributed by atoms with van der Waals surface area (Å²) in [7, 11) is 5.02. The topological polar surface area (TPSA) is 55.4 Å². The number of hydrogen-bond donors (Lipinski definition) is 0. The molecule has 0 amide bonds. The predicted octanol–water partition coefficient (Wildman–Crippen LogP) is 1.52. The molecule has 2 rings (SSSR count). The Kier molecular flexibility index (Phi) is 9.43. The van der Waals surface area contributed by atoms with Crippen LogP contribution < -0.4 is 0 Å². The fraction of sp³-hybridized carbons (Fsp3) is 0.933. The van der Waals surface area contributed by atoms with Crippen LogP contribution in [0.4, 0.5) is 0 Å². The normalized spacial score (nSPS) is 42.7. The van der Waals surface area contributed by atoms with E-state index < -0.39 is 0 Å². The molecule has 0 aromatic rings. The molecule has 6 nitrogen and oxygen atoms in total. The Hall–Kier alpha value is 0.812. The summed E-state index contributed by atoms with van der Waals surface area (Å²) in [5, 5.41) is 0. The number of rotatable bonds is 5. The Labute approximate surface area is 156 Å². The van der Waals surface area contributed by atoms with Crippen LogP contribution in [0.25, 0.3) is 0 Å². The van der Waals surface area contributed by atoms with Gasteiger partial charge in [-0.2, -0.15) is 0 Å². The summed E-state index contributed by atoms with van der Waals surface area (Å²) in [5.74, 6) is 0. The van der Waals surface area contributed by atoms with Crippen LogP contribution >= 0.6 is 0 Å². The second kappa shape index (κ2) is 9.95. The molecule has 7 heteroatoms. The van der Waals surface area contributed by atoms with Gasteiger partial charge >= 0.3 is 0 Å². The van der Waals surface area contributed by atoms with Crippen LogP contribution in [0.2, 0.25) is 0 Å². The van der Waals surface area contributed by atoms with Crippen molar-refractivity contribution in [1.29, 1.82) is 0 Å². The van der Waals surface area contributed by atoms with Crippen molar-refractivity contribution in [3.63, 3.8) is 0 Å². The van der Waals surface area contributed by atoms with Gasteiger partial charge in [0, 0.05) is 58.9 Å². The molecule has 2 heterocycles. The average Bonchev–Trinajstić information content (AvgIpc) is 2.48. The summed E-state index contributed by atoms with van der Waals surface area (Å²) >= 11 is 0. The fourth-order valence-corrected chi connectivity index (χ4v) is 2.93. The Balaban J connectivity index is 0.00000242. The summed E-state index contributed by atoms with van der Waals surface area (Å²) in [4.78, 5) is 0. The molecule has 0 aromatic carbocycles. The van der Waals surface area contributed by atoms with Crippen molar-refractivity contribution >= 4 is 0 Å². The molecule has 0 radical (unpaired) electrons. The smallest absolute Gasteiger partial charge is 0.160 e. The van der Waals surface area contributed by atoms with E-state index in [0.29, 0.717) is 12.8 Å². The molecular formula is C15H27O6U-. The molecule has 0 saturated carbocycles. The van der Waals surface area contributed by atoms with Crippen LogP contribution in [0.1, 0.15) is 26.7 Å². The maximum atomic E-state index is 6.12. The van der Waals surface area contributed by atoms with E-state index in [0.717, 1.165) is 0 Å². The maximum Gasteiger partial charge on any atom is 0.160 e. The van der Waals surface area contributed by atoms with E-state index in [2.05, 4.69) is 0 Å². The zero-order valence-electron chi connectivity index (χ0n) is 14.0. The fourth-order valence-electron chi connectivity index (χ4n) is 2.93. The summed E-state index contributed by atoms with van der Waals surface area (Å²) in [5.41, 5.74) is 0. The van der Waals surface area contributed by atoms with Gasteiger partial charge in [0.05, 0.1) is 12.2 Å². The molecule has 22 heavy (non-hydrogen) atoms. The van der Waals surface area contributed by atoms with E-state index >= 15 is 0 Å². The van der Waals surface area contributed by atoms with Gasteiger partial charge < -0.3 is 28.4 Å². The third kappa shape index (κ3) is 5.42. The minimum absolute atomic E-state index is 0. The number of ether oxygens (including phenoxy) is 6. The van der Waals surface area contributed by atoms with Gasteiger partial charge in [0.15, 0.2) is 12.6 Å². The summed E-state index contributed by atoms with van der Waals surface area (Å²) in [6.45, 7) is 3.95. The molecule has 2 fully saturated rings. The van der Waals surface area contributed by atoms with Crippen LogP contribution in [-0.4, -0.2) is 64.4 Å². The maximum absolute atomic E-state index is 6.12. The molecule has 2 aliphatic rings. The van der Waals surface area contributed by atoms with Crippen molar-refractivity contribution in [2.24, 2.45) is 0 Å². The van der Waals surface area contributed by atoms with Gasteiger partial charge in [0.2, 0.25) is 0 Å². The zero-order chi connectivity index (χ0) is 15.4. The number of hydrogen-bond acceptors (Lipinski definition) is 6. The molecule has 0 aromatic heterocycles. The SMILES string of the molecule is COC1C[C@H](OC)[C@@H](O[C@H]2C[C@H](OC)[CH-][C@H](C)O2)[C@H](C)O1.[U]. The van der Waals surface area contributed by atoms with Crippen molar-refractivity contribution in [3.8, 4) is 0 Å². The average molecular weight is 541 g/mol. The van der Waals surface area contributed by atoms with E-state index in [4.69, 9.17) is 28.4 Å². The van der Waals surface area contributed by atoms with Crippen LogP contribution in [0.5, 0.6) is 0 Å². The predicted molar refractivity (Wildman–Crippen MR) is 75.7 cm³/mol. The van der Waals surface area contributed by atoms with Gasteiger partial charge in [-0.3, -0.25) is 6.42 Å². The van der Waals surface area contributed by atoms with Gasteiger partial charge in [0.25, 0.3) is 0 Å². The standard InChI is InChI=1S/C15H27O6.U/c1-9-6-11(16-3)7-14(19-9)21-15-10(2)20-13(18-5)8-12(15)17-4;/h6,9-15H,7-8H2,1-5H3;/q-1;/t9-,10-,11+,12-,13?,14-,15-;/m0./s1. The molecule has 0 N–H and O–H groups in total. The van der Waals surface area contributed by atoms with E-state index in [-0.39, 0.29) is 74.2 Å². The molecule has 7 atom stereocenters. The summed E-state index contributed by atoms with van der Waals surface area (Å²) in [6.07, 6.45) is 2.44. The minimum atomic E-state index is -0.317.